The van der Waals surface area contributed by atoms with E-state index in [4.69, 9.17) is 0 Å². The Morgan fingerprint density at radius 1 is 1.45 bits per heavy atom. The van der Waals surface area contributed by atoms with Gasteiger partial charge in [-0.3, -0.25) is 4.79 Å². The number of carbonyl (C=O) groups excluding carboxylic acids is 1. The summed E-state index contributed by atoms with van der Waals surface area (Å²) in [4.78, 5) is 24.2. The van der Waals surface area contributed by atoms with Gasteiger partial charge in [0, 0.05) is 0 Å². The second kappa shape index (κ2) is 5.73. The first-order chi connectivity index (χ1) is 10.6. The maximum Gasteiger partial charge on any atom is 0.369 e. The van der Waals surface area contributed by atoms with Crippen LogP contribution < -0.4 is 11.0 Å². The molecule has 3 rings (SSSR count). The van der Waals surface area contributed by atoms with E-state index >= 15 is 0 Å². The van der Waals surface area contributed by atoms with Crippen LogP contribution in [0.25, 0.3) is 5.00 Å². The third kappa shape index (κ3) is 2.65. The van der Waals surface area contributed by atoms with Crippen LogP contribution in [0, 0.1) is 11.3 Å². The topological polar surface area (TPSA) is 106 Å². The number of hydrogen-bond acceptors (Lipinski definition) is 6. The Labute approximate surface area is 130 Å². The number of nitrogens with one attached hydrogen (secondary N) is 1. The highest BCUT2D eigenvalue weighted by atomic mass is 32.1. The lowest BCUT2D eigenvalue weighted by atomic mass is 10.00. The van der Waals surface area contributed by atoms with E-state index in [-0.39, 0.29) is 6.54 Å². The molecule has 22 heavy (non-hydrogen) atoms. The van der Waals surface area contributed by atoms with Gasteiger partial charge in [0.05, 0.1) is 6.07 Å². The van der Waals surface area contributed by atoms with Crippen LogP contribution in [0.4, 0.5) is 0 Å². The summed E-state index contributed by atoms with van der Waals surface area (Å²) in [7, 11) is 0. The Morgan fingerprint density at radius 3 is 2.86 bits per heavy atom. The summed E-state index contributed by atoms with van der Waals surface area (Å²) in [5.74, 6) is -0.399. The highest BCUT2D eigenvalue weighted by molar-refractivity contribution is 7.12. The van der Waals surface area contributed by atoms with Crippen LogP contribution in [0.15, 0.2) is 22.3 Å². The highest BCUT2D eigenvalue weighted by Crippen LogP contribution is 2.28. The zero-order chi connectivity index (χ0) is 15.6. The Kier molecular flexibility index (Phi) is 3.77. The maximum absolute atomic E-state index is 12.2. The molecule has 0 unspecified atom stereocenters. The van der Waals surface area contributed by atoms with Crippen molar-refractivity contribution in [3.8, 4) is 11.1 Å². The molecule has 8 nitrogen and oxygen atoms in total. The summed E-state index contributed by atoms with van der Waals surface area (Å²) in [5.41, 5.74) is -1.28. The van der Waals surface area contributed by atoms with Crippen molar-refractivity contribution in [2.45, 2.75) is 37.8 Å². The van der Waals surface area contributed by atoms with E-state index in [0.717, 1.165) is 22.2 Å². The standard InChI is InChI=1S/C13H14N6O2S/c14-9-13(5-1-2-6-13)15-10(20)8-18-12(21)19(17-16-18)11-4-3-7-22-11/h3-4,7H,1-2,5-6,8H2,(H,15,20). The van der Waals surface area contributed by atoms with Gasteiger partial charge in [-0.15, -0.1) is 11.3 Å². The molecule has 0 radical (unpaired) electrons. The number of aromatic nitrogens is 4. The van der Waals surface area contributed by atoms with E-state index < -0.39 is 17.1 Å². The van der Waals surface area contributed by atoms with Crippen molar-refractivity contribution in [2.24, 2.45) is 0 Å². The van der Waals surface area contributed by atoms with Gasteiger partial charge in [-0.2, -0.15) is 14.6 Å². The molecular formula is C13H14N6O2S. The molecule has 9 heteroatoms. The van der Waals surface area contributed by atoms with Gasteiger partial charge in [0.25, 0.3) is 0 Å². The minimum absolute atomic E-state index is 0.242. The fraction of sp³-hybridized carbons (Fsp3) is 0.462. The average molecular weight is 318 g/mol. The van der Waals surface area contributed by atoms with E-state index in [0.29, 0.717) is 17.8 Å². The number of hydrogen-bond donors (Lipinski definition) is 1. The summed E-state index contributed by atoms with van der Waals surface area (Å²) in [6, 6.07) is 5.72. The van der Waals surface area contributed by atoms with Crippen molar-refractivity contribution >= 4 is 17.2 Å². The molecule has 1 N–H and O–H groups in total. The van der Waals surface area contributed by atoms with Crippen molar-refractivity contribution in [3.05, 3.63) is 28.0 Å². The highest BCUT2D eigenvalue weighted by Gasteiger charge is 2.35. The molecule has 0 aliphatic heterocycles. The molecule has 1 saturated carbocycles. The summed E-state index contributed by atoms with van der Waals surface area (Å²) >= 11 is 1.36. The summed E-state index contributed by atoms with van der Waals surface area (Å²) < 4.78 is 2.14. The Bertz CT molecular complexity index is 763. The zero-order valence-corrected chi connectivity index (χ0v) is 12.5. The molecule has 2 aromatic rings. The number of amides is 1. The Hall–Kier alpha value is -2.47. The fourth-order valence-electron chi connectivity index (χ4n) is 2.59. The number of rotatable bonds is 4. The van der Waals surface area contributed by atoms with Gasteiger partial charge >= 0.3 is 5.69 Å². The van der Waals surface area contributed by atoms with Gasteiger partial charge in [-0.1, -0.05) is 0 Å². The van der Waals surface area contributed by atoms with E-state index in [2.05, 4.69) is 21.8 Å². The van der Waals surface area contributed by atoms with Crippen LogP contribution >= 0.6 is 11.3 Å². The van der Waals surface area contributed by atoms with Gasteiger partial charge < -0.3 is 5.32 Å². The molecule has 0 atom stereocenters. The quantitative estimate of drug-likeness (QED) is 0.880. The van der Waals surface area contributed by atoms with E-state index in [9.17, 15) is 14.9 Å². The fourth-order valence-corrected chi connectivity index (χ4v) is 3.26. The monoisotopic (exact) mass is 318 g/mol. The summed E-state index contributed by atoms with van der Waals surface area (Å²) in [6.07, 6.45) is 3.13. The lowest BCUT2D eigenvalue weighted by Gasteiger charge is -2.21. The number of tetrazole rings is 1. The first-order valence-corrected chi connectivity index (χ1v) is 7.80. The van der Waals surface area contributed by atoms with Crippen LogP contribution in [-0.2, 0) is 11.3 Å². The average Bonchev–Trinajstić information content (AvgIpc) is 3.22. The number of carbonyl (C=O) groups is 1. The van der Waals surface area contributed by atoms with Gasteiger partial charge in [-0.25, -0.2) is 4.79 Å². The lowest BCUT2D eigenvalue weighted by Crippen LogP contribution is -2.47. The lowest BCUT2D eigenvalue weighted by molar-refractivity contribution is -0.123. The summed E-state index contributed by atoms with van der Waals surface area (Å²) in [6.45, 7) is -0.242. The van der Waals surface area contributed by atoms with Crippen LogP contribution in [0.2, 0.25) is 0 Å². The van der Waals surface area contributed by atoms with Gasteiger partial charge in [0.2, 0.25) is 5.91 Å². The number of thiophene rings is 1. The first kappa shape index (κ1) is 14.5. The minimum atomic E-state index is -0.801. The number of nitrogens with zero attached hydrogens (tertiary/aromatic N) is 5. The molecule has 2 heterocycles. The van der Waals surface area contributed by atoms with Crippen molar-refractivity contribution in [3.63, 3.8) is 0 Å². The molecule has 1 aliphatic carbocycles. The van der Waals surface area contributed by atoms with Crippen molar-refractivity contribution in [1.29, 1.82) is 5.26 Å². The van der Waals surface area contributed by atoms with Gasteiger partial charge in [-0.05, 0) is 53.6 Å². The first-order valence-electron chi connectivity index (χ1n) is 6.92. The van der Waals surface area contributed by atoms with E-state index in [1.165, 1.54) is 11.3 Å². The van der Waals surface area contributed by atoms with E-state index in [1.807, 2.05) is 5.38 Å². The predicted octanol–water partition coefficient (Wildman–Crippen LogP) is 0.443. The molecule has 114 valence electrons. The molecule has 0 saturated heterocycles. The van der Waals surface area contributed by atoms with E-state index in [1.54, 1.807) is 12.1 Å². The normalized spacial score (nSPS) is 16.3. The molecule has 1 fully saturated rings. The van der Waals surface area contributed by atoms with Crippen LogP contribution in [-0.4, -0.2) is 31.2 Å². The molecule has 0 bridgehead atoms. The minimum Gasteiger partial charge on any atom is -0.336 e. The summed E-state index contributed by atoms with van der Waals surface area (Å²) in [5, 5.41) is 21.9. The smallest absolute Gasteiger partial charge is 0.336 e. The largest absolute Gasteiger partial charge is 0.369 e. The second-order valence-corrected chi connectivity index (χ2v) is 6.16. The molecule has 1 amide bonds. The van der Waals surface area contributed by atoms with Crippen LogP contribution in [0.1, 0.15) is 25.7 Å². The molecule has 1 aliphatic rings. The third-order valence-electron chi connectivity index (χ3n) is 3.70. The van der Waals surface area contributed by atoms with Crippen molar-refractivity contribution in [2.75, 3.05) is 0 Å². The molecule has 0 spiro atoms. The Balaban J connectivity index is 1.73. The Morgan fingerprint density at radius 2 is 2.23 bits per heavy atom. The SMILES string of the molecule is N#CC1(NC(=O)Cn2nnn(-c3cccs3)c2=O)CCCC1. The zero-order valence-electron chi connectivity index (χ0n) is 11.7. The predicted molar refractivity (Wildman–Crippen MR) is 78.5 cm³/mol. The third-order valence-corrected chi connectivity index (χ3v) is 4.54. The molecular weight excluding hydrogens is 304 g/mol. The van der Waals surface area contributed by atoms with Gasteiger partial charge in [0.1, 0.15) is 17.1 Å². The second-order valence-electron chi connectivity index (χ2n) is 5.23. The number of nitriles is 1. The van der Waals surface area contributed by atoms with Crippen LogP contribution in [0.3, 0.4) is 0 Å². The van der Waals surface area contributed by atoms with Crippen molar-refractivity contribution < 1.29 is 4.79 Å². The van der Waals surface area contributed by atoms with Gasteiger partial charge in [0.15, 0.2) is 0 Å². The molecule has 0 aromatic carbocycles. The van der Waals surface area contributed by atoms with Crippen LogP contribution in [0.5, 0.6) is 0 Å². The molecule has 2 aromatic heterocycles. The van der Waals surface area contributed by atoms with Crippen molar-refractivity contribution in [1.82, 2.24) is 25.1 Å². The maximum atomic E-state index is 12.2.